The van der Waals surface area contributed by atoms with Crippen molar-refractivity contribution >= 4 is 21.7 Å². The summed E-state index contributed by atoms with van der Waals surface area (Å²) in [5, 5.41) is 0. The van der Waals surface area contributed by atoms with Crippen molar-refractivity contribution in [2.75, 3.05) is 43.4 Å². The van der Waals surface area contributed by atoms with E-state index in [1.807, 2.05) is 56.9 Å². The molecule has 2 aliphatic heterocycles. The number of aryl methyl sites for hydroxylation is 2. The van der Waals surface area contributed by atoms with Crippen LogP contribution in [0.25, 0.3) is 0 Å². The van der Waals surface area contributed by atoms with E-state index in [1.54, 1.807) is 10.5 Å². The first kappa shape index (κ1) is 22.7. The van der Waals surface area contributed by atoms with E-state index in [1.165, 1.54) is 0 Å². The van der Waals surface area contributed by atoms with Crippen molar-refractivity contribution in [2.45, 2.75) is 39.7 Å². The molecule has 2 aromatic rings. The molecule has 4 rings (SSSR count). The van der Waals surface area contributed by atoms with Gasteiger partial charge in [-0.2, -0.15) is 4.31 Å². The molecule has 1 amide bonds. The van der Waals surface area contributed by atoms with Gasteiger partial charge in [0.15, 0.2) is 0 Å². The van der Waals surface area contributed by atoms with Crippen molar-refractivity contribution in [1.82, 2.24) is 19.2 Å². The quantitative estimate of drug-likeness (QED) is 0.700. The molecule has 1 aromatic carbocycles. The molecule has 0 unspecified atom stereocenters. The zero-order valence-electron chi connectivity index (χ0n) is 19.2. The first-order valence-corrected chi connectivity index (χ1v) is 12.7. The Hall–Kier alpha value is -2.52. The van der Waals surface area contributed by atoms with Gasteiger partial charge >= 0.3 is 0 Å². The third-order valence-corrected chi connectivity index (χ3v) is 8.58. The Kier molecular flexibility index (Phi) is 5.98. The zero-order valence-corrected chi connectivity index (χ0v) is 20.0. The molecule has 2 fully saturated rings. The highest BCUT2D eigenvalue weighted by Gasteiger charge is 2.40. The minimum absolute atomic E-state index is 0.00508. The first-order chi connectivity index (χ1) is 15.1. The molecule has 172 valence electrons. The van der Waals surface area contributed by atoms with Gasteiger partial charge in [0.1, 0.15) is 5.82 Å². The second kappa shape index (κ2) is 8.44. The second-order valence-corrected chi connectivity index (χ2v) is 11.1. The number of rotatable bonds is 4. The molecule has 0 aliphatic carbocycles. The lowest BCUT2D eigenvalue weighted by Gasteiger charge is -2.36. The predicted molar refractivity (Wildman–Crippen MR) is 124 cm³/mol. The summed E-state index contributed by atoms with van der Waals surface area (Å²) in [6.07, 6.45) is 2.43. The number of nitrogens with zero attached hydrogens (tertiary/aromatic N) is 5. The summed E-state index contributed by atoms with van der Waals surface area (Å²) in [6, 6.07) is 7.37. The maximum atomic E-state index is 13.0. The lowest BCUT2D eigenvalue weighted by Crippen LogP contribution is -2.49. The number of carbonyl (C=O) groups excluding carboxylic acids is 1. The summed E-state index contributed by atoms with van der Waals surface area (Å²) in [6.45, 7) is 10.9. The van der Waals surface area contributed by atoms with Gasteiger partial charge in [-0.3, -0.25) is 9.78 Å². The van der Waals surface area contributed by atoms with Gasteiger partial charge in [0.2, 0.25) is 10.0 Å². The van der Waals surface area contributed by atoms with E-state index >= 15 is 0 Å². The van der Waals surface area contributed by atoms with Crippen LogP contribution in [0.1, 0.15) is 47.6 Å². The fraction of sp³-hybridized carbons (Fsp3) is 0.522. The highest BCUT2D eigenvalue weighted by Crippen LogP contribution is 2.34. The van der Waals surface area contributed by atoms with Crippen LogP contribution < -0.4 is 4.90 Å². The van der Waals surface area contributed by atoms with Crippen LogP contribution in [0.2, 0.25) is 0 Å². The van der Waals surface area contributed by atoms with Crippen molar-refractivity contribution in [1.29, 1.82) is 0 Å². The van der Waals surface area contributed by atoms with Crippen LogP contribution in [0.15, 0.2) is 30.5 Å². The monoisotopic (exact) mass is 457 g/mol. The van der Waals surface area contributed by atoms with E-state index < -0.39 is 15.6 Å². The number of sulfonamides is 1. The van der Waals surface area contributed by atoms with Crippen LogP contribution in [0, 0.1) is 13.8 Å². The van der Waals surface area contributed by atoms with Crippen molar-refractivity contribution < 1.29 is 13.2 Å². The molecule has 2 saturated heterocycles. The smallest absolute Gasteiger partial charge is 0.253 e. The van der Waals surface area contributed by atoms with Crippen molar-refractivity contribution in [3.8, 4) is 0 Å². The number of piperazine rings is 1. The summed E-state index contributed by atoms with van der Waals surface area (Å²) in [4.78, 5) is 26.1. The van der Waals surface area contributed by atoms with Gasteiger partial charge in [-0.15, -0.1) is 0 Å². The topological polar surface area (TPSA) is 86.7 Å². The van der Waals surface area contributed by atoms with E-state index in [4.69, 9.17) is 0 Å². The largest absolute Gasteiger partial charge is 0.352 e. The fourth-order valence-corrected chi connectivity index (χ4v) is 6.56. The Labute approximate surface area is 190 Å². The summed E-state index contributed by atoms with van der Waals surface area (Å²) in [5.74, 6) is 1.08. The molecule has 0 bridgehead atoms. The summed E-state index contributed by atoms with van der Waals surface area (Å²) in [7, 11) is -3.23. The second-order valence-electron chi connectivity index (χ2n) is 9.08. The zero-order chi connectivity index (χ0) is 23.1. The number of hydrogen-bond acceptors (Lipinski definition) is 6. The van der Waals surface area contributed by atoms with Crippen LogP contribution in [-0.2, 0) is 15.6 Å². The molecule has 1 aromatic heterocycles. The average molecular weight is 458 g/mol. The molecule has 8 nitrogen and oxygen atoms in total. The molecule has 0 N–H and O–H groups in total. The average Bonchev–Trinajstić information content (AvgIpc) is 3.13. The number of aromatic nitrogens is 2. The summed E-state index contributed by atoms with van der Waals surface area (Å²) >= 11 is 0. The summed E-state index contributed by atoms with van der Waals surface area (Å²) in [5.41, 5.74) is 2.67. The maximum Gasteiger partial charge on any atom is 0.253 e. The highest BCUT2D eigenvalue weighted by molar-refractivity contribution is 7.89. The molecular formula is C23H31N5O3S. The van der Waals surface area contributed by atoms with Crippen LogP contribution in [0.5, 0.6) is 0 Å². The molecule has 0 saturated carbocycles. The van der Waals surface area contributed by atoms with Gasteiger partial charge in [0, 0.05) is 38.3 Å². The Morgan fingerprint density at radius 2 is 1.66 bits per heavy atom. The lowest BCUT2D eigenvalue weighted by molar-refractivity contribution is 0.0746. The Morgan fingerprint density at radius 1 is 1.00 bits per heavy atom. The lowest BCUT2D eigenvalue weighted by atomic mass is 9.93. The van der Waals surface area contributed by atoms with Crippen molar-refractivity contribution in [3.05, 3.63) is 53.0 Å². The molecule has 3 heterocycles. The predicted octanol–water partition coefficient (Wildman–Crippen LogP) is 2.33. The van der Waals surface area contributed by atoms with Gasteiger partial charge in [-0.25, -0.2) is 13.4 Å². The van der Waals surface area contributed by atoms with Gasteiger partial charge in [0.05, 0.1) is 28.9 Å². The number of carbonyl (C=O) groups is 1. The van der Waals surface area contributed by atoms with Crippen LogP contribution in [0.4, 0.5) is 5.82 Å². The molecule has 0 spiro atoms. The summed E-state index contributed by atoms with van der Waals surface area (Å²) < 4.78 is 26.3. The third kappa shape index (κ3) is 4.23. The van der Waals surface area contributed by atoms with E-state index in [-0.39, 0.29) is 11.7 Å². The SMILES string of the molecule is Cc1cnc(N2CCN(C(=O)c3ccc(C(C)(C)N4CCCS4(=O)=O)cc3)CC2)c(C)n1. The van der Waals surface area contributed by atoms with Gasteiger partial charge in [-0.05, 0) is 51.8 Å². The standard InChI is InChI=1S/C23H31N5O3S/c1-17-16-24-21(18(2)25-17)26-11-13-27(14-12-26)22(29)19-6-8-20(9-7-19)23(3,4)28-10-5-15-32(28,30)31/h6-9,16H,5,10-15H2,1-4H3. The minimum Gasteiger partial charge on any atom is -0.352 e. The molecular weight excluding hydrogens is 426 g/mol. The fourth-order valence-electron chi connectivity index (χ4n) is 4.64. The van der Waals surface area contributed by atoms with Gasteiger partial charge in [-0.1, -0.05) is 12.1 Å². The Balaban J connectivity index is 1.42. The highest BCUT2D eigenvalue weighted by atomic mass is 32.2. The minimum atomic E-state index is -3.23. The van der Waals surface area contributed by atoms with Crippen LogP contribution in [0.3, 0.4) is 0 Å². The normalized spacial score (nSPS) is 19.4. The van der Waals surface area contributed by atoms with E-state index in [2.05, 4.69) is 14.9 Å². The first-order valence-electron chi connectivity index (χ1n) is 11.0. The van der Waals surface area contributed by atoms with E-state index in [0.29, 0.717) is 44.7 Å². The van der Waals surface area contributed by atoms with Crippen LogP contribution in [-0.4, -0.2) is 72.0 Å². The molecule has 2 aliphatic rings. The number of amides is 1. The van der Waals surface area contributed by atoms with E-state index in [0.717, 1.165) is 22.8 Å². The number of hydrogen-bond donors (Lipinski definition) is 0. The molecule has 0 atom stereocenters. The third-order valence-electron chi connectivity index (χ3n) is 6.47. The van der Waals surface area contributed by atoms with E-state index in [9.17, 15) is 13.2 Å². The number of benzene rings is 1. The van der Waals surface area contributed by atoms with Gasteiger partial charge < -0.3 is 9.80 Å². The van der Waals surface area contributed by atoms with Crippen molar-refractivity contribution in [2.24, 2.45) is 0 Å². The Morgan fingerprint density at radius 3 is 2.22 bits per heavy atom. The molecule has 32 heavy (non-hydrogen) atoms. The van der Waals surface area contributed by atoms with Gasteiger partial charge in [0.25, 0.3) is 5.91 Å². The molecule has 0 radical (unpaired) electrons. The maximum absolute atomic E-state index is 13.0. The Bertz CT molecular complexity index is 1110. The molecule has 9 heteroatoms. The number of anilines is 1. The van der Waals surface area contributed by atoms with Crippen molar-refractivity contribution in [3.63, 3.8) is 0 Å². The van der Waals surface area contributed by atoms with Crippen LogP contribution >= 0.6 is 0 Å².